The summed E-state index contributed by atoms with van der Waals surface area (Å²) in [4.78, 5) is 19.6. The first-order valence-corrected chi connectivity index (χ1v) is 4.59. The van der Waals surface area contributed by atoms with Crippen LogP contribution in [0.1, 0.15) is 28.2 Å². The van der Waals surface area contributed by atoms with Crippen molar-refractivity contribution in [2.75, 3.05) is 12.8 Å². The Morgan fingerprint density at radius 3 is 2.93 bits per heavy atom. The van der Waals surface area contributed by atoms with Crippen molar-refractivity contribution >= 4 is 11.9 Å². The van der Waals surface area contributed by atoms with Gasteiger partial charge in [-0.3, -0.25) is 4.79 Å². The molecule has 1 aromatic heterocycles. The van der Waals surface area contributed by atoms with Crippen LogP contribution in [0.4, 0.5) is 5.95 Å². The summed E-state index contributed by atoms with van der Waals surface area (Å²) < 4.78 is 0. The first-order chi connectivity index (χ1) is 6.72. The summed E-state index contributed by atoms with van der Waals surface area (Å²) in [5.74, 6) is 0.00139. The minimum Gasteiger partial charge on any atom is -0.368 e. The second kappa shape index (κ2) is 3.25. The predicted molar refractivity (Wildman–Crippen MR) is 51.9 cm³/mol. The van der Waals surface area contributed by atoms with Crippen molar-refractivity contribution in [3.63, 3.8) is 0 Å². The fourth-order valence-electron chi connectivity index (χ4n) is 1.76. The molecule has 0 saturated carbocycles. The van der Waals surface area contributed by atoms with E-state index < -0.39 is 0 Å². The number of nitrogens with zero attached hydrogens (tertiary/aromatic N) is 2. The molecule has 74 valence electrons. The number of aromatic nitrogens is 2. The lowest BCUT2D eigenvalue weighted by atomic mass is 10.1. The second-order valence-electron chi connectivity index (χ2n) is 3.29. The fraction of sp³-hybridized carbons (Fsp3) is 0.444. The maximum absolute atomic E-state index is 11.5. The van der Waals surface area contributed by atoms with E-state index in [1.807, 2.05) is 0 Å². The van der Waals surface area contributed by atoms with E-state index in [1.54, 1.807) is 7.05 Å². The van der Waals surface area contributed by atoms with Crippen LogP contribution in [0.3, 0.4) is 0 Å². The zero-order valence-electron chi connectivity index (χ0n) is 8.00. The monoisotopic (exact) mass is 192 g/mol. The molecule has 0 radical (unpaired) electrons. The highest BCUT2D eigenvalue weighted by atomic mass is 16.1. The zero-order valence-corrected chi connectivity index (χ0v) is 8.00. The lowest BCUT2D eigenvalue weighted by Gasteiger charge is -2.06. The number of anilines is 1. The molecule has 1 amide bonds. The number of amides is 1. The Morgan fingerprint density at radius 1 is 1.43 bits per heavy atom. The third kappa shape index (κ3) is 1.30. The lowest BCUT2D eigenvalue weighted by molar-refractivity contribution is 0.0957. The Labute approximate surface area is 81.7 Å². The summed E-state index contributed by atoms with van der Waals surface area (Å²) in [7, 11) is 1.59. The summed E-state index contributed by atoms with van der Waals surface area (Å²) in [6, 6.07) is 0. The van der Waals surface area contributed by atoms with Gasteiger partial charge in [0, 0.05) is 18.3 Å². The second-order valence-corrected chi connectivity index (χ2v) is 3.29. The normalized spacial score (nSPS) is 13.8. The zero-order chi connectivity index (χ0) is 10.1. The van der Waals surface area contributed by atoms with E-state index >= 15 is 0 Å². The number of aryl methyl sites for hydroxylation is 1. The van der Waals surface area contributed by atoms with E-state index in [4.69, 9.17) is 5.73 Å². The lowest BCUT2D eigenvalue weighted by Crippen LogP contribution is -2.22. The molecule has 0 bridgehead atoms. The van der Waals surface area contributed by atoms with Gasteiger partial charge in [-0.1, -0.05) is 0 Å². The summed E-state index contributed by atoms with van der Waals surface area (Å²) in [5.41, 5.74) is 7.84. The Bertz CT molecular complexity index is 389. The molecule has 0 aromatic carbocycles. The number of nitrogen functional groups attached to an aromatic ring is 1. The molecule has 1 aliphatic carbocycles. The molecule has 0 unspecified atom stereocenters. The molecule has 3 N–H and O–H groups in total. The van der Waals surface area contributed by atoms with Gasteiger partial charge in [0.05, 0.1) is 0 Å². The number of carbonyl (C=O) groups is 1. The Hall–Kier alpha value is -1.65. The van der Waals surface area contributed by atoms with Crippen molar-refractivity contribution in [2.45, 2.75) is 19.3 Å². The van der Waals surface area contributed by atoms with Crippen LogP contribution in [-0.2, 0) is 12.8 Å². The average molecular weight is 192 g/mol. The van der Waals surface area contributed by atoms with Crippen LogP contribution in [0.5, 0.6) is 0 Å². The fourth-order valence-corrected chi connectivity index (χ4v) is 1.76. The molecule has 0 atom stereocenters. The summed E-state index contributed by atoms with van der Waals surface area (Å²) in [6.45, 7) is 0. The largest absolute Gasteiger partial charge is 0.368 e. The molecule has 2 rings (SSSR count). The maximum Gasteiger partial charge on any atom is 0.270 e. The number of nitrogens with two attached hydrogens (primary N) is 1. The number of hydrogen-bond acceptors (Lipinski definition) is 4. The molecule has 5 heteroatoms. The van der Waals surface area contributed by atoms with Crippen molar-refractivity contribution in [1.82, 2.24) is 15.3 Å². The first kappa shape index (κ1) is 8.93. The highest BCUT2D eigenvalue weighted by Crippen LogP contribution is 2.23. The van der Waals surface area contributed by atoms with E-state index in [1.165, 1.54) is 0 Å². The molecular weight excluding hydrogens is 180 g/mol. The van der Waals surface area contributed by atoms with Crippen LogP contribution in [0, 0.1) is 0 Å². The highest BCUT2D eigenvalue weighted by Gasteiger charge is 2.21. The third-order valence-electron chi connectivity index (χ3n) is 2.39. The standard InChI is InChI=1S/C9H12N4O/c1-11-8(14)7-5-3-2-4-6(5)12-9(10)13-7/h2-4H2,1H3,(H,11,14)(H2,10,12,13). The van der Waals surface area contributed by atoms with Gasteiger partial charge in [0.2, 0.25) is 5.95 Å². The van der Waals surface area contributed by atoms with Gasteiger partial charge in [-0.25, -0.2) is 9.97 Å². The Morgan fingerprint density at radius 2 is 2.21 bits per heavy atom. The van der Waals surface area contributed by atoms with Gasteiger partial charge in [-0.05, 0) is 19.3 Å². The van der Waals surface area contributed by atoms with Crippen LogP contribution in [0.25, 0.3) is 0 Å². The average Bonchev–Trinajstić information content (AvgIpc) is 2.62. The topological polar surface area (TPSA) is 80.9 Å². The number of fused-ring (bicyclic) bond motifs is 1. The van der Waals surface area contributed by atoms with Crippen LogP contribution in [0.2, 0.25) is 0 Å². The van der Waals surface area contributed by atoms with E-state index in [9.17, 15) is 4.79 Å². The van der Waals surface area contributed by atoms with Gasteiger partial charge < -0.3 is 11.1 Å². The van der Waals surface area contributed by atoms with Crippen LogP contribution in [0.15, 0.2) is 0 Å². The predicted octanol–water partition coefficient (Wildman–Crippen LogP) is -0.0929. The number of rotatable bonds is 1. The van der Waals surface area contributed by atoms with Crippen molar-refractivity contribution in [3.05, 3.63) is 17.0 Å². The molecule has 14 heavy (non-hydrogen) atoms. The van der Waals surface area contributed by atoms with E-state index in [0.29, 0.717) is 5.69 Å². The van der Waals surface area contributed by atoms with Crippen LogP contribution in [-0.4, -0.2) is 22.9 Å². The van der Waals surface area contributed by atoms with Crippen molar-refractivity contribution < 1.29 is 4.79 Å². The number of nitrogens with one attached hydrogen (secondary N) is 1. The summed E-state index contributed by atoms with van der Waals surface area (Å²) >= 11 is 0. The van der Waals surface area contributed by atoms with Gasteiger partial charge in [-0.15, -0.1) is 0 Å². The number of hydrogen-bond donors (Lipinski definition) is 2. The van der Waals surface area contributed by atoms with E-state index in [2.05, 4.69) is 15.3 Å². The van der Waals surface area contributed by atoms with Gasteiger partial charge in [0.1, 0.15) is 5.69 Å². The summed E-state index contributed by atoms with van der Waals surface area (Å²) in [6.07, 6.45) is 2.79. The van der Waals surface area contributed by atoms with Crippen molar-refractivity contribution in [2.24, 2.45) is 0 Å². The SMILES string of the molecule is CNC(=O)c1nc(N)nc2c1CCC2. The van der Waals surface area contributed by atoms with Crippen molar-refractivity contribution in [3.8, 4) is 0 Å². The molecule has 1 aliphatic rings. The molecule has 1 aromatic rings. The van der Waals surface area contributed by atoms with Gasteiger partial charge in [-0.2, -0.15) is 0 Å². The van der Waals surface area contributed by atoms with Gasteiger partial charge in [0.25, 0.3) is 5.91 Å². The van der Waals surface area contributed by atoms with Crippen LogP contribution < -0.4 is 11.1 Å². The molecule has 0 fully saturated rings. The molecule has 1 heterocycles. The molecular formula is C9H12N4O. The smallest absolute Gasteiger partial charge is 0.270 e. The Kier molecular flexibility index (Phi) is 2.07. The van der Waals surface area contributed by atoms with E-state index in [-0.39, 0.29) is 11.9 Å². The maximum atomic E-state index is 11.5. The van der Waals surface area contributed by atoms with Crippen LogP contribution >= 0.6 is 0 Å². The first-order valence-electron chi connectivity index (χ1n) is 4.59. The summed E-state index contributed by atoms with van der Waals surface area (Å²) in [5, 5.41) is 2.55. The molecule has 0 saturated heterocycles. The minimum absolute atomic E-state index is 0.183. The van der Waals surface area contributed by atoms with E-state index in [0.717, 1.165) is 30.5 Å². The molecule has 0 aliphatic heterocycles. The van der Waals surface area contributed by atoms with Crippen molar-refractivity contribution in [1.29, 1.82) is 0 Å². The number of carbonyl (C=O) groups excluding carboxylic acids is 1. The highest BCUT2D eigenvalue weighted by molar-refractivity contribution is 5.94. The van der Waals surface area contributed by atoms with Gasteiger partial charge in [0.15, 0.2) is 0 Å². The Balaban J connectivity index is 2.54. The molecule has 0 spiro atoms. The molecule has 5 nitrogen and oxygen atoms in total. The minimum atomic E-state index is -0.183. The van der Waals surface area contributed by atoms with Gasteiger partial charge >= 0.3 is 0 Å². The quantitative estimate of drug-likeness (QED) is 0.651. The third-order valence-corrected chi connectivity index (χ3v) is 2.39.